The molecule has 18 heavy (non-hydrogen) atoms. The number of nitrogens with zero attached hydrogens (tertiary/aromatic N) is 1. The lowest BCUT2D eigenvalue weighted by Crippen LogP contribution is -2.36. The Morgan fingerprint density at radius 2 is 1.89 bits per heavy atom. The van der Waals surface area contributed by atoms with Crippen LogP contribution in [0.5, 0.6) is 0 Å². The van der Waals surface area contributed by atoms with E-state index in [4.69, 9.17) is 0 Å². The van der Waals surface area contributed by atoms with Gasteiger partial charge in [0.05, 0.1) is 5.75 Å². The first-order chi connectivity index (χ1) is 8.45. The van der Waals surface area contributed by atoms with Crippen molar-refractivity contribution in [2.75, 3.05) is 26.4 Å². The van der Waals surface area contributed by atoms with Gasteiger partial charge in [-0.05, 0) is 25.2 Å². The van der Waals surface area contributed by atoms with Gasteiger partial charge in [0.15, 0.2) is 0 Å². The third-order valence-electron chi connectivity index (χ3n) is 4.02. The van der Waals surface area contributed by atoms with Gasteiger partial charge in [0.25, 0.3) is 0 Å². The van der Waals surface area contributed by atoms with Gasteiger partial charge in [-0.3, -0.25) is 0 Å². The van der Waals surface area contributed by atoms with Crippen molar-refractivity contribution >= 4 is 10.0 Å². The van der Waals surface area contributed by atoms with Gasteiger partial charge in [0.1, 0.15) is 0 Å². The highest BCUT2D eigenvalue weighted by Crippen LogP contribution is 2.25. The maximum absolute atomic E-state index is 11.6. The van der Waals surface area contributed by atoms with Crippen molar-refractivity contribution in [3.63, 3.8) is 0 Å². The number of rotatable bonds is 6. The Hall–Kier alpha value is -0.130. The van der Waals surface area contributed by atoms with Crippen molar-refractivity contribution in [3.8, 4) is 0 Å². The van der Waals surface area contributed by atoms with Crippen molar-refractivity contribution < 1.29 is 8.42 Å². The Morgan fingerprint density at radius 1 is 1.17 bits per heavy atom. The molecule has 1 fully saturated rings. The normalized spacial score (nSPS) is 26.2. The van der Waals surface area contributed by atoms with E-state index in [9.17, 15) is 8.42 Å². The van der Waals surface area contributed by atoms with Crippen LogP contribution in [0, 0.1) is 5.92 Å². The lowest BCUT2D eigenvalue weighted by molar-refractivity contribution is 0.428. The fourth-order valence-electron chi connectivity index (χ4n) is 2.57. The van der Waals surface area contributed by atoms with Crippen molar-refractivity contribution in [1.82, 2.24) is 9.62 Å². The van der Waals surface area contributed by atoms with Crippen LogP contribution in [-0.2, 0) is 10.0 Å². The van der Waals surface area contributed by atoms with Gasteiger partial charge >= 0.3 is 0 Å². The van der Waals surface area contributed by atoms with Crippen LogP contribution in [0.2, 0.25) is 0 Å². The molecule has 0 amide bonds. The molecule has 0 aromatic rings. The van der Waals surface area contributed by atoms with E-state index in [1.165, 1.54) is 42.8 Å². The van der Waals surface area contributed by atoms with E-state index < -0.39 is 10.0 Å². The monoisotopic (exact) mass is 276 g/mol. The van der Waals surface area contributed by atoms with Crippen LogP contribution < -0.4 is 5.32 Å². The Labute approximate surface area is 112 Å². The van der Waals surface area contributed by atoms with Crippen LogP contribution in [0.1, 0.15) is 45.4 Å². The minimum atomic E-state index is -3.05. The fraction of sp³-hybridized carbons (Fsp3) is 1.00. The molecule has 0 aromatic carbocycles. The summed E-state index contributed by atoms with van der Waals surface area (Å²) in [4.78, 5) is 0. The van der Waals surface area contributed by atoms with Gasteiger partial charge < -0.3 is 5.32 Å². The minimum absolute atomic E-state index is 0.202. The third-order valence-corrected chi connectivity index (χ3v) is 5.85. The molecule has 0 spiro atoms. The summed E-state index contributed by atoms with van der Waals surface area (Å²) in [5.41, 5.74) is 0. The van der Waals surface area contributed by atoms with Gasteiger partial charge in [-0.25, -0.2) is 12.7 Å². The highest BCUT2D eigenvalue weighted by atomic mass is 32.2. The van der Waals surface area contributed by atoms with Gasteiger partial charge in [0, 0.05) is 26.7 Å². The summed E-state index contributed by atoms with van der Waals surface area (Å²) < 4.78 is 24.5. The van der Waals surface area contributed by atoms with E-state index in [-0.39, 0.29) is 5.75 Å². The molecule has 0 heterocycles. The molecule has 1 rings (SSSR count). The molecule has 4 nitrogen and oxygen atoms in total. The van der Waals surface area contributed by atoms with E-state index in [2.05, 4.69) is 12.2 Å². The molecular weight excluding hydrogens is 248 g/mol. The maximum Gasteiger partial charge on any atom is 0.214 e. The molecule has 5 heteroatoms. The fourth-order valence-corrected chi connectivity index (χ4v) is 3.31. The molecular formula is C13H28N2O2S. The molecule has 1 saturated carbocycles. The molecule has 0 bridgehead atoms. The zero-order chi connectivity index (χ0) is 13.6. The van der Waals surface area contributed by atoms with Crippen LogP contribution in [0.3, 0.4) is 0 Å². The summed E-state index contributed by atoms with van der Waals surface area (Å²) in [5, 5.41) is 3.41. The third kappa shape index (κ3) is 5.24. The lowest BCUT2D eigenvalue weighted by atomic mass is 9.98. The van der Waals surface area contributed by atoms with Crippen molar-refractivity contribution in [2.45, 2.75) is 51.5 Å². The van der Waals surface area contributed by atoms with E-state index in [1.807, 2.05) is 0 Å². The second-order valence-electron chi connectivity index (χ2n) is 5.53. The molecule has 2 atom stereocenters. The highest BCUT2D eigenvalue weighted by molar-refractivity contribution is 7.89. The largest absolute Gasteiger partial charge is 0.313 e. The molecule has 1 aliphatic rings. The lowest BCUT2D eigenvalue weighted by Gasteiger charge is -2.17. The van der Waals surface area contributed by atoms with E-state index >= 15 is 0 Å². The highest BCUT2D eigenvalue weighted by Gasteiger charge is 2.18. The Morgan fingerprint density at radius 3 is 2.50 bits per heavy atom. The van der Waals surface area contributed by atoms with Crippen LogP contribution in [-0.4, -0.2) is 45.2 Å². The summed E-state index contributed by atoms with van der Waals surface area (Å²) in [5.74, 6) is 1.08. The number of nitrogens with one attached hydrogen (secondary N) is 1. The molecule has 0 aromatic heterocycles. The summed E-state index contributed by atoms with van der Waals surface area (Å²) in [6.45, 7) is 2.84. The number of hydrogen-bond acceptors (Lipinski definition) is 3. The summed E-state index contributed by atoms with van der Waals surface area (Å²) >= 11 is 0. The minimum Gasteiger partial charge on any atom is -0.313 e. The summed E-state index contributed by atoms with van der Waals surface area (Å²) in [7, 11) is 0.127. The molecule has 108 valence electrons. The molecule has 0 aliphatic heterocycles. The Bertz CT molecular complexity index is 328. The van der Waals surface area contributed by atoms with Crippen LogP contribution in [0.4, 0.5) is 0 Å². The van der Waals surface area contributed by atoms with Gasteiger partial charge in [-0.2, -0.15) is 0 Å². The smallest absolute Gasteiger partial charge is 0.214 e. The average Bonchev–Trinajstić information content (AvgIpc) is 2.54. The molecule has 0 saturated heterocycles. The van der Waals surface area contributed by atoms with Crippen molar-refractivity contribution in [1.29, 1.82) is 0 Å². The van der Waals surface area contributed by atoms with Gasteiger partial charge in [-0.15, -0.1) is 0 Å². The molecule has 1 aliphatic carbocycles. The summed E-state index contributed by atoms with van der Waals surface area (Å²) in [6.07, 6.45) is 7.57. The zero-order valence-electron chi connectivity index (χ0n) is 12.0. The van der Waals surface area contributed by atoms with Crippen LogP contribution in [0.25, 0.3) is 0 Å². The topological polar surface area (TPSA) is 49.4 Å². The van der Waals surface area contributed by atoms with E-state index in [1.54, 1.807) is 14.1 Å². The summed E-state index contributed by atoms with van der Waals surface area (Å²) in [6, 6.07) is 0.513. The van der Waals surface area contributed by atoms with Crippen LogP contribution in [0.15, 0.2) is 0 Å². The standard InChI is InChI=1S/C13H28N2O2S/c1-4-12-6-5-7-13(9-8-12)14-10-11-18(16,17)15(2)3/h12-14H,4-11H2,1-3H3. The molecule has 2 unspecified atom stereocenters. The second kappa shape index (κ2) is 7.46. The van der Waals surface area contributed by atoms with Crippen LogP contribution >= 0.6 is 0 Å². The number of hydrogen-bond donors (Lipinski definition) is 1. The van der Waals surface area contributed by atoms with E-state index in [0.29, 0.717) is 12.6 Å². The van der Waals surface area contributed by atoms with E-state index in [0.717, 1.165) is 5.92 Å². The van der Waals surface area contributed by atoms with Gasteiger partial charge in [-0.1, -0.05) is 26.2 Å². The second-order valence-corrected chi connectivity index (χ2v) is 7.83. The molecule has 0 radical (unpaired) electrons. The Balaban J connectivity index is 2.28. The molecule has 1 N–H and O–H groups in total. The number of sulfonamides is 1. The SMILES string of the molecule is CCC1CCCC(NCCS(=O)(=O)N(C)C)CC1. The average molecular weight is 276 g/mol. The first-order valence-electron chi connectivity index (χ1n) is 7.09. The van der Waals surface area contributed by atoms with Crippen molar-refractivity contribution in [3.05, 3.63) is 0 Å². The predicted molar refractivity (Wildman–Crippen MR) is 76.1 cm³/mol. The zero-order valence-corrected chi connectivity index (χ0v) is 12.8. The Kier molecular flexibility index (Phi) is 6.60. The van der Waals surface area contributed by atoms with Crippen molar-refractivity contribution in [2.24, 2.45) is 5.92 Å². The first-order valence-corrected chi connectivity index (χ1v) is 8.70. The van der Waals surface area contributed by atoms with Gasteiger partial charge in [0.2, 0.25) is 10.0 Å². The predicted octanol–water partition coefficient (Wildman–Crippen LogP) is 1.83. The quantitative estimate of drug-likeness (QED) is 0.753. The maximum atomic E-state index is 11.6. The first kappa shape index (κ1) is 15.9.